The number of aliphatic hydroxyl groups excluding tert-OH is 1. The van der Waals surface area contributed by atoms with E-state index in [-0.39, 0.29) is 6.10 Å². The van der Waals surface area contributed by atoms with Gasteiger partial charge in [-0.15, -0.1) is 0 Å². The lowest BCUT2D eigenvalue weighted by Crippen LogP contribution is -2.35. The van der Waals surface area contributed by atoms with Gasteiger partial charge in [-0.1, -0.05) is 0 Å². The molecule has 2 rings (SSSR count). The number of hydrogen-bond acceptors (Lipinski definition) is 4. The van der Waals surface area contributed by atoms with E-state index in [2.05, 4.69) is 12.2 Å². The first-order chi connectivity index (χ1) is 8.25. The van der Waals surface area contributed by atoms with E-state index in [1.54, 1.807) is 0 Å². The monoisotopic (exact) mass is 243 g/mol. The maximum Gasteiger partial charge on any atom is 0.0897 e. The Bertz CT molecular complexity index is 221. The maximum atomic E-state index is 9.70. The smallest absolute Gasteiger partial charge is 0.0897 e. The summed E-state index contributed by atoms with van der Waals surface area (Å²) in [6.07, 6.45) is 3.70. The van der Waals surface area contributed by atoms with Crippen LogP contribution in [0.3, 0.4) is 0 Å². The molecule has 1 saturated heterocycles. The Hall–Kier alpha value is -0.160. The Kier molecular flexibility index (Phi) is 5.22. The van der Waals surface area contributed by atoms with Crippen molar-refractivity contribution in [3.63, 3.8) is 0 Å². The molecule has 1 aliphatic carbocycles. The van der Waals surface area contributed by atoms with Crippen LogP contribution >= 0.6 is 0 Å². The van der Waals surface area contributed by atoms with Crippen molar-refractivity contribution in [2.75, 3.05) is 32.9 Å². The predicted octanol–water partition coefficient (Wildman–Crippen LogP) is 0.788. The van der Waals surface area contributed by atoms with E-state index in [0.29, 0.717) is 25.2 Å². The first-order valence-corrected chi connectivity index (χ1v) is 6.84. The molecule has 0 radical (unpaired) electrons. The van der Waals surface area contributed by atoms with Gasteiger partial charge in [0.15, 0.2) is 0 Å². The molecular formula is C13H25NO3. The Morgan fingerprint density at radius 2 is 2.24 bits per heavy atom. The first kappa shape index (κ1) is 13.3. The van der Waals surface area contributed by atoms with Gasteiger partial charge in [-0.05, 0) is 38.0 Å². The second kappa shape index (κ2) is 6.69. The summed E-state index contributed by atoms with van der Waals surface area (Å²) in [5, 5.41) is 13.0. The normalized spacial score (nSPS) is 30.7. The van der Waals surface area contributed by atoms with E-state index in [0.717, 1.165) is 32.1 Å². The highest BCUT2D eigenvalue weighted by molar-refractivity contribution is 4.75. The van der Waals surface area contributed by atoms with Gasteiger partial charge < -0.3 is 19.9 Å². The number of rotatable bonds is 8. The van der Waals surface area contributed by atoms with E-state index in [9.17, 15) is 5.11 Å². The van der Waals surface area contributed by atoms with Gasteiger partial charge in [0.1, 0.15) is 0 Å². The highest BCUT2D eigenvalue weighted by Gasteiger charge is 2.24. The standard InChI is InChI=1S/C13H25NO3/c1-10-12(4-5-17-10)6-14-7-13(15)9-16-8-11-2-3-11/h10-15H,2-9H2,1H3. The largest absolute Gasteiger partial charge is 0.389 e. The lowest BCUT2D eigenvalue weighted by Gasteiger charge is -2.17. The zero-order chi connectivity index (χ0) is 12.1. The number of aliphatic hydroxyl groups is 1. The maximum absolute atomic E-state index is 9.70. The van der Waals surface area contributed by atoms with Gasteiger partial charge in [0.2, 0.25) is 0 Å². The lowest BCUT2D eigenvalue weighted by atomic mass is 10.0. The SMILES string of the molecule is CC1OCCC1CNCC(O)COCC1CC1. The summed E-state index contributed by atoms with van der Waals surface area (Å²) in [5.74, 6) is 1.36. The number of hydrogen-bond donors (Lipinski definition) is 2. The molecule has 0 aromatic heterocycles. The van der Waals surface area contributed by atoms with Crippen molar-refractivity contribution < 1.29 is 14.6 Å². The quantitative estimate of drug-likeness (QED) is 0.662. The fourth-order valence-corrected chi connectivity index (χ4v) is 2.19. The fraction of sp³-hybridized carbons (Fsp3) is 1.00. The zero-order valence-corrected chi connectivity index (χ0v) is 10.7. The van der Waals surface area contributed by atoms with Crippen molar-refractivity contribution in [2.24, 2.45) is 11.8 Å². The van der Waals surface area contributed by atoms with Gasteiger partial charge >= 0.3 is 0 Å². The Labute approximate surface area is 104 Å². The lowest BCUT2D eigenvalue weighted by molar-refractivity contribution is 0.0315. The van der Waals surface area contributed by atoms with Gasteiger partial charge in [0.05, 0.1) is 18.8 Å². The van der Waals surface area contributed by atoms with E-state index >= 15 is 0 Å². The Balaban J connectivity index is 1.45. The summed E-state index contributed by atoms with van der Waals surface area (Å²) in [4.78, 5) is 0. The van der Waals surface area contributed by atoms with Crippen LogP contribution in [0.1, 0.15) is 26.2 Å². The average molecular weight is 243 g/mol. The first-order valence-electron chi connectivity index (χ1n) is 6.84. The molecule has 1 saturated carbocycles. The van der Waals surface area contributed by atoms with Crippen molar-refractivity contribution in [3.05, 3.63) is 0 Å². The molecule has 3 unspecified atom stereocenters. The third-order valence-corrected chi connectivity index (χ3v) is 3.68. The van der Waals surface area contributed by atoms with Crippen LogP contribution in [0.25, 0.3) is 0 Å². The van der Waals surface area contributed by atoms with Crippen molar-refractivity contribution in [1.29, 1.82) is 0 Å². The summed E-state index contributed by atoms with van der Waals surface area (Å²) in [7, 11) is 0. The molecule has 0 spiro atoms. The van der Waals surface area contributed by atoms with Crippen LogP contribution < -0.4 is 5.32 Å². The van der Waals surface area contributed by atoms with E-state index in [1.165, 1.54) is 12.8 Å². The zero-order valence-electron chi connectivity index (χ0n) is 10.7. The molecule has 100 valence electrons. The summed E-state index contributed by atoms with van der Waals surface area (Å²) in [6, 6.07) is 0. The van der Waals surface area contributed by atoms with Gasteiger partial charge in [-0.25, -0.2) is 0 Å². The molecule has 0 amide bonds. The topological polar surface area (TPSA) is 50.7 Å². The van der Waals surface area contributed by atoms with Gasteiger partial charge in [0.25, 0.3) is 0 Å². The minimum Gasteiger partial charge on any atom is -0.389 e. The van der Waals surface area contributed by atoms with Crippen molar-refractivity contribution >= 4 is 0 Å². The molecule has 17 heavy (non-hydrogen) atoms. The third-order valence-electron chi connectivity index (χ3n) is 3.68. The van der Waals surface area contributed by atoms with Crippen LogP contribution in [0, 0.1) is 11.8 Å². The molecule has 2 aliphatic rings. The minimum atomic E-state index is -0.383. The van der Waals surface area contributed by atoms with Crippen LogP contribution in [0.15, 0.2) is 0 Å². The van der Waals surface area contributed by atoms with Gasteiger partial charge in [-0.2, -0.15) is 0 Å². The summed E-state index contributed by atoms with van der Waals surface area (Å²) < 4.78 is 10.9. The molecule has 4 nitrogen and oxygen atoms in total. The second-order valence-electron chi connectivity index (χ2n) is 5.42. The van der Waals surface area contributed by atoms with Crippen molar-refractivity contribution in [2.45, 2.75) is 38.4 Å². The molecule has 0 aromatic rings. The highest BCUT2D eigenvalue weighted by Crippen LogP contribution is 2.28. The molecule has 0 aromatic carbocycles. The van der Waals surface area contributed by atoms with Crippen LogP contribution in [0.5, 0.6) is 0 Å². The minimum absolute atomic E-state index is 0.353. The van der Waals surface area contributed by atoms with Crippen molar-refractivity contribution in [3.8, 4) is 0 Å². The highest BCUT2D eigenvalue weighted by atomic mass is 16.5. The average Bonchev–Trinajstić information content (AvgIpc) is 3.03. The van der Waals surface area contributed by atoms with Crippen LogP contribution in [0.4, 0.5) is 0 Å². The molecule has 0 bridgehead atoms. The summed E-state index contributed by atoms with van der Waals surface area (Å²) >= 11 is 0. The van der Waals surface area contributed by atoms with Gasteiger partial charge in [0, 0.05) is 26.3 Å². The second-order valence-corrected chi connectivity index (χ2v) is 5.42. The van der Waals surface area contributed by atoms with E-state index < -0.39 is 0 Å². The molecule has 2 N–H and O–H groups in total. The molecule has 1 heterocycles. The number of nitrogens with one attached hydrogen (secondary N) is 1. The Morgan fingerprint density at radius 1 is 1.41 bits per heavy atom. The molecule has 3 atom stereocenters. The molecular weight excluding hydrogens is 218 g/mol. The van der Waals surface area contributed by atoms with Crippen LogP contribution in [-0.4, -0.2) is 50.2 Å². The van der Waals surface area contributed by atoms with Crippen LogP contribution in [0.2, 0.25) is 0 Å². The van der Waals surface area contributed by atoms with Crippen molar-refractivity contribution in [1.82, 2.24) is 5.32 Å². The predicted molar refractivity (Wildman–Crippen MR) is 65.9 cm³/mol. The Morgan fingerprint density at radius 3 is 2.88 bits per heavy atom. The van der Waals surface area contributed by atoms with Gasteiger partial charge in [-0.3, -0.25) is 0 Å². The van der Waals surface area contributed by atoms with E-state index in [4.69, 9.17) is 9.47 Å². The van der Waals surface area contributed by atoms with E-state index in [1.807, 2.05) is 0 Å². The van der Waals surface area contributed by atoms with Crippen LogP contribution in [-0.2, 0) is 9.47 Å². The summed E-state index contributed by atoms with van der Waals surface area (Å²) in [6.45, 7) is 5.83. The molecule has 2 fully saturated rings. The fourth-order valence-electron chi connectivity index (χ4n) is 2.19. The third kappa shape index (κ3) is 4.92. The number of ether oxygens (including phenoxy) is 2. The summed E-state index contributed by atoms with van der Waals surface area (Å²) in [5.41, 5.74) is 0. The molecule has 1 aliphatic heterocycles. The molecule has 4 heteroatoms.